The van der Waals surface area contributed by atoms with Crippen LogP contribution in [-0.4, -0.2) is 42.4 Å². The summed E-state index contributed by atoms with van der Waals surface area (Å²) in [5, 5.41) is 10.7. The Morgan fingerprint density at radius 1 is 1.28 bits per heavy atom. The van der Waals surface area contributed by atoms with Gasteiger partial charge in [0, 0.05) is 6.54 Å². The molecule has 1 amide bonds. The Bertz CT molecular complexity index is 1010. The SMILES string of the molecule is CC(=O)Nc1cccc([As](=O)(O)OO)c1.Cl.NCc1cc(F)ccc1S(=O)(=O)O. The third kappa shape index (κ3) is 8.64. The van der Waals surface area contributed by atoms with Crippen LogP contribution in [0.1, 0.15) is 12.5 Å². The Morgan fingerprint density at radius 3 is 2.38 bits per heavy atom. The molecule has 2 rings (SSSR count). The second-order valence-corrected chi connectivity index (χ2v) is 10.3. The molecule has 0 heterocycles. The van der Waals surface area contributed by atoms with Gasteiger partial charge in [-0.15, -0.1) is 12.4 Å². The maximum absolute atomic E-state index is 12.6. The van der Waals surface area contributed by atoms with Crippen molar-refractivity contribution in [3.05, 3.63) is 53.8 Å². The standard InChI is InChI=1S/C8H10AsNO5.C7H8FNO3S.ClH/c1-6(11)10-8-4-2-3-7(5-8)9(12,13)15-14;8-6-1-2-7(13(10,11)12)5(3-6)4-9;/h2-5,14H,1H3,(H,10,11)(H,12,13);1-3H,4,9H2,(H,10,11,12);1H. The largest absolute Gasteiger partial charge is 0.326 e. The van der Waals surface area contributed by atoms with E-state index < -0.39 is 30.1 Å². The van der Waals surface area contributed by atoms with Crippen molar-refractivity contribution < 1.29 is 39.1 Å². The normalized spacial score (nSPS) is 12.6. The van der Waals surface area contributed by atoms with Crippen molar-refractivity contribution in [2.45, 2.75) is 18.4 Å². The van der Waals surface area contributed by atoms with Gasteiger partial charge in [0.25, 0.3) is 10.1 Å². The molecule has 2 aromatic rings. The summed E-state index contributed by atoms with van der Waals surface area (Å²) in [4.78, 5) is 10.4. The molecule has 2 aromatic carbocycles. The molecule has 10 nitrogen and oxygen atoms in total. The Hall–Kier alpha value is -1.76. The number of nitrogens with one attached hydrogen (secondary N) is 1. The van der Waals surface area contributed by atoms with Gasteiger partial charge < -0.3 is 5.73 Å². The number of carbonyl (C=O) groups excluding carboxylic acids is 1. The first-order valence-electron chi connectivity index (χ1n) is 7.41. The number of hydrogen-bond donors (Lipinski definition) is 5. The third-order valence-electron chi connectivity index (χ3n) is 3.12. The molecule has 0 fully saturated rings. The fourth-order valence-electron chi connectivity index (χ4n) is 1.97. The average molecular weight is 517 g/mol. The van der Waals surface area contributed by atoms with Crippen molar-refractivity contribution in [1.82, 2.24) is 0 Å². The molecule has 29 heavy (non-hydrogen) atoms. The van der Waals surface area contributed by atoms with E-state index >= 15 is 0 Å². The zero-order chi connectivity index (χ0) is 21.5. The van der Waals surface area contributed by atoms with E-state index in [1.807, 2.05) is 0 Å². The Labute approximate surface area is 175 Å². The minimum Gasteiger partial charge on any atom is -0.326 e. The average Bonchev–Trinajstić information content (AvgIpc) is 2.60. The first-order valence-corrected chi connectivity index (χ1v) is 12.2. The monoisotopic (exact) mass is 516 g/mol. The molecule has 0 aliphatic rings. The summed E-state index contributed by atoms with van der Waals surface area (Å²) in [5.41, 5.74) is 5.60. The summed E-state index contributed by atoms with van der Waals surface area (Å²) in [6.45, 7) is 1.17. The molecule has 0 aliphatic carbocycles. The Morgan fingerprint density at radius 2 is 1.90 bits per heavy atom. The van der Waals surface area contributed by atoms with E-state index in [1.54, 1.807) is 6.07 Å². The van der Waals surface area contributed by atoms with Gasteiger partial charge in [-0.25, -0.2) is 4.39 Å². The number of benzene rings is 2. The van der Waals surface area contributed by atoms with Gasteiger partial charge in [0.1, 0.15) is 5.82 Å². The van der Waals surface area contributed by atoms with E-state index in [1.165, 1.54) is 25.1 Å². The predicted octanol–water partition coefficient (Wildman–Crippen LogP) is 0.656. The second-order valence-electron chi connectivity index (χ2n) is 5.26. The van der Waals surface area contributed by atoms with Crippen molar-refractivity contribution in [3.63, 3.8) is 0 Å². The molecule has 0 aliphatic heterocycles. The molecular formula is C15H19AsClFN2O8S. The van der Waals surface area contributed by atoms with Gasteiger partial charge in [0.15, 0.2) is 0 Å². The second kappa shape index (κ2) is 11.4. The fraction of sp³-hybridized carbons (Fsp3) is 0.133. The first kappa shape index (κ1) is 27.2. The molecule has 0 aromatic heterocycles. The quantitative estimate of drug-likeness (QED) is 0.165. The van der Waals surface area contributed by atoms with Crippen molar-refractivity contribution in [1.29, 1.82) is 0 Å². The minimum atomic E-state index is -4.83. The van der Waals surface area contributed by atoms with Crippen LogP contribution >= 0.6 is 12.4 Å². The predicted molar refractivity (Wildman–Crippen MR) is 104 cm³/mol. The number of nitrogens with two attached hydrogens (primary N) is 1. The molecule has 0 saturated carbocycles. The number of hydrogen-bond acceptors (Lipinski definition) is 7. The maximum atomic E-state index is 12.6. The minimum absolute atomic E-state index is 0. The zero-order valence-electron chi connectivity index (χ0n) is 14.9. The number of anilines is 1. The van der Waals surface area contributed by atoms with Crippen LogP contribution in [0.3, 0.4) is 0 Å². The van der Waals surface area contributed by atoms with Gasteiger partial charge in [0.05, 0.1) is 4.90 Å². The molecule has 6 N–H and O–H groups in total. The molecular weight excluding hydrogens is 498 g/mol. The van der Waals surface area contributed by atoms with E-state index in [0.717, 1.165) is 18.2 Å². The number of rotatable bonds is 5. The van der Waals surface area contributed by atoms with Crippen molar-refractivity contribution in [3.8, 4) is 0 Å². The van der Waals surface area contributed by atoms with E-state index in [2.05, 4.69) is 9.19 Å². The van der Waals surface area contributed by atoms with Gasteiger partial charge in [-0.1, -0.05) is 0 Å². The number of halogens is 2. The van der Waals surface area contributed by atoms with E-state index in [4.69, 9.17) is 15.5 Å². The summed E-state index contributed by atoms with van der Waals surface area (Å²) in [5.74, 6) is -0.884. The summed E-state index contributed by atoms with van der Waals surface area (Å²) in [7, 11) is -4.31. The van der Waals surface area contributed by atoms with E-state index in [-0.39, 0.29) is 39.7 Å². The van der Waals surface area contributed by atoms with Crippen LogP contribution in [0.15, 0.2) is 47.4 Å². The van der Waals surface area contributed by atoms with Gasteiger partial charge in [-0.3, -0.25) is 4.55 Å². The van der Waals surface area contributed by atoms with Crippen LogP contribution in [0.2, 0.25) is 0 Å². The van der Waals surface area contributed by atoms with Crippen molar-refractivity contribution >= 4 is 52.6 Å². The van der Waals surface area contributed by atoms with Crippen LogP contribution < -0.4 is 15.4 Å². The fourth-order valence-corrected chi connectivity index (χ4v) is 4.09. The summed E-state index contributed by atoms with van der Waals surface area (Å²) < 4.78 is 66.6. The zero-order valence-corrected chi connectivity index (χ0v) is 18.4. The van der Waals surface area contributed by atoms with Crippen molar-refractivity contribution in [2.75, 3.05) is 5.32 Å². The van der Waals surface area contributed by atoms with Gasteiger partial charge in [0.2, 0.25) is 0 Å². The maximum Gasteiger partial charge on any atom is 0.294 e. The summed E-state index contributed by atoms with van der Waals surface area (Å²) in [6.07, 6.45) is 0. The van der Waals surface area contributed by atoms with Crippen LogP contribution in [0.25, 0.3) is 0 Å². The van der Waals surface area contributed by atoms with Crippen LogP contribution in [-0.2, 0) is 29.1 Å². The molecule has 14 heteroatoms. The smallest absolute Gasteiger partial charge is 0.294 e. The van der Waals surface area contributed by atoms with Gasteiger partial charge in [-0.05, 0) is 23.8 Å². The van der Waals surface area contributed by atoms with Crippen LogP contribution in [0, 0.1) is 5.82 Å². The number of carbonyl (C=O) groups is 1. The van der Waals surface area contributed by atoms with Crippen LogP contribution in [0.5, 0.6) is 0 Å². The van der Waals surface area contributed by atoms with E-state index in [0.29, 0.717) is 5.69 Å². The molecule has 0 bridgehead atoms. The Kier molecular flexibility index (Phi) is 10.7. The van der Waals surface area contributed by atoms with Crippen LogP contribution in [0.4, 0.5) is 10.1 Å². The summed E-state index contributed by atoms with van der Waals surface area (Å²) in [6, 6.07) is 8.54. The van der Waals surface area contributed by atoms with Gasteiger partial charge >= 0.3 is 88.4 Å². The topological polar surface area (TPSA) is 176 Å². The molecule has 1 unspecified atom stereocenters. The third-order valence-corrected chi connectivity index (χ3v) is 6.50. The number of amides is 1. The molecule has 162 valence electrons. The summed E-state index contributed by atoms with van der Waals surface area (Å²) >= 11 is -4.83. The Balaban J connectivity index is 0.000000527. The molecule has 0 radical (unpaired) electrons. The first-order chi connectivity index (χ1) is 12.9. The molecule has 0 saturated heterocycles. The van der Waals surface area contributed by atoms with Crippen molar-refractivity contribution in [2.24, 2.45) is 5.73 Å². The molecule has 0 spiro atoms. The van der Waals surface area contributed by atoms with E-state index in [9.17, 15) is 25.4 Å². The van der Waals surface area contributed by atoms with Gasteiger partial charge in [-0.2, -0.15) is 8.42 Å². The molecule has 1 atom stereocenters.